The van der Waals surface area contributed by atoms with Gasteiger partial charge < -0.3 is 10.3 Å². The second kappa shape index (κ2) is 8.61. The molecule has 2 N–H and O–H groups in total. The third-order valence-electron chi connectivity index (χ3n) is 5.93. The quantitative estimate of drug-likeness (QED) is 0.547. The first-order valence-corrected chi connectivity index (χ1v) is 12.4. The van der Waals surface area contributed by atoms with E-state index in [9.17, 15) is 26.4 Å². The standard InChI is InChI=1S/C23H23F3N2O3S/c1-32(30,31)7-6-20(29)27-12-13-8-15(9-13)21-18-10-17(25)11-19(26)23(18)28-22(21)14-2-4-16(24)5-3-14/h2-5,10-11,13,15,28H,6-9,12H2,1H3,(H,27,29). The van der Waals surface area contributed by atoms with Crippen molar-refractivity contribution in [3.05, 3.63) is 59.4 Å². The van der Waals surface area contributed by atoms with E-state index in [1.807, 2.05) is 0 Å². The molecule has 1 aliphatic carbocycles. The Labute approximate surface area is 183 Å². The van der Waals surface area contributed by atoms with Crippen molar-refractivity contribution in [1.82, 2.24) is 10.3 Å². The summed E-state index contributed by atoms with van der Waals surface area (Å²) in [6, 6.07) is 7.95. The van der Waals surface area contributed by atoms with Gasteiger partial charge in [0.1, 0.15) is 27.3 Å². The normalized spacial score (nSPS) is 18.5. The van der Waals surface area contributed by atoms with Crippen LogP contribution in [0.1, 0.15) is 30.7 Å². The van der Waals surface area contributed by atoms with Crippen LogP contribution in [0.15, 0.2) is 36.4 Å². The average molecular weight is 465 g/mol. The third kappa shape index (κ3) is 4.82. The maximum atomic E-state index is 14.4. The molecule has 5 nitrogen and oxygen atoms in total. The number of halogens is 3. The first kappa shape index (κ1) is 22.4. The second-order valence-electron chi connectivity index (χ2n) is 8.45. The van der Waals surface area contributed by atoms with E-state index < -0.39 is 21.5 Å². The summed E-state index contributed by atoms with van der Waals surface area (Å²) in [6.07, 6.45) is 2.41. The van der Waals surface area contributed by atoms with Crippen LogP contribution in [-0.4, -0.2) is 37.9 Å². The molecule has 1 amide bonds. The number of carbonyl (C=O) groups is 1. The minimum absolute atomic E-state index is 0.0166. The summed E-state index contributed by atoms with van der Waals surface area (Å²) in [5.41, 5.74) is 2.29. The van der Waals surface area contributed by atoms with Gasteiger partial charge in [0.2, 0.25) is 5.91 Å². The zero-order chi connectivity index (χ0) is 23.0. The Balaban J connectivity index is 1.52. The lowest BCUT2D eigenvalue weighted by Gasteiger charge is -2.36. The number of benzene rings is 2. The van der Waals surface area contributed by atoms with Crippen molar-refractivity contribution in [1.29, 1.82) is 0 Å². The van der Waals surface area contributed by atoms with Crippen LogP contribution in [0.25, 0.3) is 22.2 Å². The summed E-state index contributed by atoms with van der Waals surface area (Å²) in [4.78, 5) is 14.9. The highest BCUT2D eigenvalue weighted by molar-refractivity contribution is 7.90. The van der Waals surface area contributed by atoms with Crippen LogP contribution in [0.2, 0.25) is 0 Å². The van der Waals surface area contributed by atoms with Crippen molar-refractivity contribution in [3.63, 3.8) is 0 Å². The van der Waals surface area contributed by atoms with Crippen molar-refractivity contribution in [2.24, 2.45) is 5.92 Å². The van der Waals surface area contributed by atoms with Crippen molar-refractivity contribution in [2.75, 3.05) is 18.6 Å². The molecule has 170 valence electrons. The molecule has 2 aromatic carbocycles. The third-order valence-corrected chi connectivity index (χ3v) is 6.87. The van der Waals surface area contributed by atoms with Crippen molar-refractivity contribution in [3.8, 4) is 11.3 Å². The molecule has 1 aliphatic rings. The average Bonchev–Trinajstić information content (AvgIpc) is 3.04. The first-order chi connectivity index (χ1) is 15.1. The van der Waals surface area contributed by atoms with Crippen molar-refractivity contribution < 1.29 is 26.4 Å². The van der Waals surface area contributed by atoms with E-state index in [-0.39, 0.29) is 41.3 Å². The van der Waals surface area contributed by atoms with Gasteiger partial charge in [-0.05, 0) is 66.1 Å². The molecule has 9 heteroatoms. The van der Waals surface area contributed by atoms with Gasteiger partial charge in [0.25, 0.3) is 0 Å². The number of hydrogen-bond acceptors (Lipinski definition) is 3. The molecule has 1 fully saturated rings. The van der Waals surface area contributed by atoms with Crippen LogP contribution in [0.5, 0.6) is 0 Å². The van der Waals surface area contributed by atoms with E-state index >= 15 is 0 Å². The van der Waals surface area contributed by atoms with Gasteiger partial charge in [-0.25, -0.2) is 21.6 Å². The molecule has 4 rings (SSSR count). The highest BCUT2D eigenvalue weighted by Crippen LogP contribution is 2.48. The number of nitrogens with one attached hydrogen (secondary N) is 2. The maximum Gasteiger partial charge on any atom is 0.221 e. The number of fused-ring (bicyclic) bond motifs is 1. The van der Waals surface area contributed by atoms with Gasteiger partial charge in [-0.1, -0.05) is 0 Å². The molecule has 0 radical (unpaired) electrons. The fourth-order valence-corrected chi connectivity index (χ4v) is 4.83. The molecule has 1 aromatic heterocycles. The molecule has 0 spiro atoms. The minimum Gasteiger partial charge on any atom is -0.356 e. The Bertz CT molecular complexity index is 1260. The van der Waals surface area contributed by atoms with Gasteiger partial charge in [-0.15, -0.1) is 0 Å². The van der Waals surface area contributed by atoms with Crippen LogP contribution >= 0.6 is 0 Å². The molecule has 32 heavy (non-hydrogen) atoms. The number of H-pyrrole nitrogens is 1. The summed E-state index contributed by atoms with van der Waals surface area (Å²) in [7, 11) is -3.20. The maximum absolute atomic E-state index is 14.4. The van der Waals surface area contributed by atoms with E-state index in [1.165, 1.54) is 18.2 Å². The second-order valence-corrected chi connectivity index (χ2v) is 10.7. The largest absolute Gasteiger partial charge is 0.356 e. The number of hydrogen-bond donors (Lipinski definition) is 2. The molecular weight excluding hydrogens is 441 g/mol. The molecule has 1 saturated carbocycles. The number of aromatic amines is 1. The van der Waals surface area contributed by atoms with E-state index in [0.717, 1.165) is 17.9 Å². The summed E-state index contributed by atoms with van der Waals surface area (Å²) in [5, 5.41) is 3.22. The predicted molar refractivity (Wildman–Crippen MR) is 116 cm³/mol. The molecule has 1 heterocycles. The minimum atomic E-state index is -3.20. The Morgan fingerprint density at radius 1 is 1.09 bits per heavy atom. The van der Waals surface area contributed by atoms with Gasteiger partial charge in [-0.2, -0.15) is 0 Å². The van der Waals surface area contributed by atoms with Crippen molar-refractivity contribution in [2.45, 2.75) is 25.2 Å². The first-order valence-electron chi connectivity index (χ1n) is 10.3. The number of rotatable bonds is 7. The molecule has 0 aliphatic heterocycles. The highest BCUT2D eigenvalue weighted by atomic mass is 32.2. The molecule has 0 bridgehead atoms. The summed E-state index contributed by atoms with van der Waals surface area (Å²) in [6.45, 7) is 0.413. The lowest BCUT2D eigenvalue weighted by Crippen LogP contribution is -2.36. The van der Waals surface area contributed by atoms with Gasteiger partial charge in [0.05, 0.1) is 17.0 Å². The number of aromatic nitrogens is 1. The summed E-state index contributed by atoms with van der Waals surface area (Å²) < 4.78 is 64.2. The molecule has 0 saturated heterocycles. The van der Waals surface area contributed by atoms with Crippen LogP contribution in [-0.2, 0) is 14.6 Å². The van der Waals surface area contributed by atoms with E-state index in [4.69, 9.17) is 0 Å². The van der Waals surface area contributed by atoms with Crippen LogP contribution < -0.4 is 5.32 Å². The monoisotopic (exact) mass is 464 g/mol. The van der Waals surface area contributed by atoms with Gasteiger partial charge in [0.15, 0.2) is 0 Å². The predicted octanol–water partition coefficient (Wildman–Crippen LogP) is 4.30. The molecule has 3 aromatic rings. The zero-order valence-corrected chi connectivity index (χ0v) is 18.2. The smallest absolute Gasteiger partial charge is 0.221 e. The van der Waals surface area contributed by atoms with Crippen LogP contribution in [0.3, 0.4) is 0 Å². The highest BCUT2D eigenvalue weighted by Gasteiger charge is 2.34. The van der Waals surface area contributed by atoms with Gasteiger partial charge in [-0.3, -0.25) is 4.79 Å². The SMILES string of the molecule is CS(=O)(=O)CCC(=O)NCC1CC(c2c(-c3ccc(F)cc3)[nH]c3c(F)cc(F)cc23)C1. The van der Waals surface area contributed by atoms with E-state index in [2.05, 4.69) is 10.3 Å². The molecule has 0 atom stereocenters. The van der Waals surface area contributed by atoms with Gasteiger partial charge in [0, 0.05) is 30.7 Å². The van der Waals surface area contributed by atoms with E-state index in [0.29, 0.717) is 36.0 Å². The lowest BCUT2D eigenvalue weighted by atomic mass is 9.70. The Morgan fingerprint density at radius 3 is 2.44 bits per heavy atom. The molecule has 0 unspecified atom stereocenters. The number of carbonyl (C=O) groups excluding carboxylic acids is 1. The Morgan fingerprint density at radius 2 is 1.78 bits per heavy atom. The number of sulfone groups is 1. The Hall–Kier alpha value is -2.81. The van der Waals surface area contributed by atoms with Crippen LogP contribution in [0.4, 0.5) is 13.2 Å². The van der Waals surface area contributed by atoms with Crippen LogP contribution in [0, 0.1) is 23.4 Å². The summed E-state index contributed by atoms with van der Waals surface area (Å²) in [5.74, 6) is -2.08. The summed E-state index contributed by atoms with van der Waals surface area (Å²) >= 11 is 0. The molecular formula is C23H23F3N2O3S. The van der Waals surface area contributed by atoms with Crippen molar-refractivity contribution >= 4 is 26.6 Å². The topological polar surface area (TPSA) is 79.0 Å². The fraction of sp³-hybridized carbons (Fsp3) is 0.348. The van der Waals surface area contributed by atoms with E-state index in [1.54, 1.807) is 12.1 Å². The van der Waals surface area contributed by atoms with Gasteiger partial charge >= 0.3 is 0 Å². The Kier molecular flexibility index (Phi) is 6.03. The zero-order valence-electron chi connectivity index (χ0n) is 17.4. The number of amides is 1. The fourth-order valence-electron chi connectivity index (χ4n) is 4.27. The lowest BCUT2D eigenvalue weighted by molar-refractivity contribution is -0.121.